The molecule has 2 N–H and O–H groups in total. The van der Waals surface area contributed by atoms with Gasteiger partial charge in [-0.25, -0.2) is 9.97 Å². The first-order valence-corrected chi connectivity index (χ1v) is 6.48. The van der Waals surface area contributed by atoms with E-state index in [1.165, 1.54) is 0 Å². The zero-order chi connectivity index (χ0) is 13.4. The highest BCUT2D eigenvalue weighted by Crippen LogP contribution is 2.25. The molecule has 102 valence electrons. The Hall–Kier alpha value is -1.73. The van der Waals surface area contributed by atoms with Gasteiger partial charge in [0.25, 0.3) is 0 Å². The lowest BCUT2D eigenvalue weighted by Crippen LogP contribution is -2.55. The third-order valence-corrected chi connectivity index (χ3v) is 3.74. The molecule has 7 heteroatoms. The smallest absolute Gasteiger partial charge is 0.163 e. The first-order valence-electron chi connectivity index (χ1n) is 6.48. The average molecular weight is 261 g/mol. The summed E-state index contributed by atoms with van der Waals surface area (Å²) in [6, 6.07) is 0.289. The maximum absolute atomic E-state index is 5.91. The second-order valence-corrected chi connectivity index (χ2v) is 5.05. The van der Waals surface area contributed by atoms with Gasteiger partial charge in [-0.05, 0) is 7.05 Å². The van der Waals surface area contributed by atoms with Gasteiger partial charge in [-0.15, -0.1) is 0 Å². The van der Waals surface area contributed by atoms with Gasteiger partial charge in [-0.3, -0.25) is 4.68 Å². The van der Waals surface area contributed by atoms with Crippen LogP contribution in [0.4, 0.5) is 5.82 Å². The van der Waals surface area contributed by atoms with E-state index >= 15 is 0 Å². The molecular weight excluding hydrogens is 242 g/mol. The van der Waals surface area contributed by atoms with Crippen molar-refractivity contribution in [3.05, 3.63) is 12.5 Å². The lowest BCUT2D eigenvalue weighted by molar-refractivity contribution is 0.269. The summed E-state index contributed by atoms with van der Waals surface area (Å²) in [4.78, 5) is 13.3. The van der Waals surface area contributed by atoms with Crippen molar-refractivity contribution in [3.63, 3.8) is 0 Å². The molecule has 19 heavy (non-hydrogen) atoms. The van der Waals surface area contributed by atoms with E-state index in [1.54, 1.807) is 11.0 Å². The zero-order valence-corrected chi connectivity index (χ0v) is 11.3. The van der Waals surface area contributed by atoms with Crippen molar-refractivity contribution in [1.29, 1.82) is 0 Å². The summed E-state index contributed by atoms with van der Waals surface area (Å²) in [5.41, 5.74) is 6.77. The third-order valence-electron chi connectivity index (χ3n) is 3.74. The molecule has 7 nitrogen and oxygen atoms in total. The Morgan fingerprint density at radius 1 is 1.32 bits per heavy atom. The van der Waals surface area contributed by atoms with Gasteiger partial charge in [0, 0.05) is 33.2 Å². The van der Waals surface area contributed by atoms with Gasteiger partial charge in [-0.1, -0.05) is 0 Å². The lowest BCUT2D eigenvalue weighted by Gasteiger charge is -2.40. The highest BCUT2D eigenvalue weighted by molar-refractivity contribution is 5.86. The number of rotatable bonds is 2. The van der Waals surface area contributed by atoms with Crippen molar-refractivity contribution in [2.24, 2.45) is 12.8 Å². The number of aromatic nitrogens is 4. The molecule has 0 radical (unpaired) electrons. The van der Waals surface area contributed by atoms with Crippen LogP contribution < -0.4 is 10.6 Å². The van der Waals surface area contributed by atoms with Crippen LogP contribution in [0.1, 0.15) is 0 Å². The number of fused-ring (bicyclic) bond motifs is 1. The van der Waals surface area contributed by atoms with Crippen LogP contribution in [0.25, 0.3) is 11.0 Å². The Morgan fingerprint density at radius 3 is 2.95 bits per heavy atom. The zero-order valence-electron chi connectivity index (χ0n) is 11.3. The van der Waals surface area contributed by atoms with E-state index in [-0.39, 0.29) is 6.04 Å². The topological polar surface area (TPSA) is 76.1 Å². The summed E-state index contributed by atoms with van der Waals surface area (Å²) in [6.45, 7) is 3.53. The van der Waals surface area contributed by atoms with Crippen molar-refractivity contribution in [2.75, 3.05) is 38.1 Å². The molecule has 3 rings (SSSR count). The molecule has 1 aliphatic rings. The molecule has 0 aromatic carbocycles. The first kappa shape index (κ1) is 12.3. The van der Waals surface area contributed by atoms with Crippen LogP contribution in [0.15, 0.2) is 12.5 Å². The van der Waals surface area contributed by atoms with E-state index in [4.69, 9.17) is 5.73 Å². The predicted octanol–water partition coefficient (Wildman–Crippen LogP) is -0.558. The van der Waals surface area contributed by atoms with Crippen LogP contribution in [-0.2, 0) is 7.05 Å². The van der Waals surface area contributed by atoms with Crippen LogP contribution in [0.3, 0.4) is 0 Å². The Bertz CT molecular complexity index is 578. The molecule has 1 fully saturated rings. The van der Waals surface area contributed by atoms with E-state index in [0.717, 1.165) is 36.5 Å². The number of likely N-dealkylation sites (N-methyl/N-ethyl adjacent to an activating group) is 1. The van der Waals surface area contributed by atoms with Gasteiger partial charge in [0.15, 0.2) is 5.65 Å². The molecule has 0 spiro atoms. The van der Waals surface area contributed by atoms with Gasteiger partial charge in [0.05, 0.1) is 17.6 Å². The van der Waals surface area contributed by atoms with Crippen LogP contribution in [-0.4, -0.2) is 63.9 Å². The highest BCUT2D eigenvalue weighted by Gasteiger charge is 2.27. The summed E-state index contributed by atoms with van der Waals surface area (Å²) in [7, 11) is 4.02. The normalized spacial score (nSPS) is 21.2. The molecular formula is C12H19N7. The maximum Gasteiger partial charge on any atom is 0.163 e. The highest BCUT2D eigenvalue weighted by atomic mass is 15.3. The minimum atomic E-state index is 0.289. The predicted molar refractivity (Wildman–Crippen MR) is 74.0 cm³/mol. The minimum Gasteiger partial charge on any atom is -0.349 e. The number of hydrogen-bond donors (Lipinski definition) is 1. The summed E-state index contributed by atoms with van der Waals surface area (Å²) in [6.07, 6.45) is 3.43. The van der Waals surface area contributed by atoms with Gasteiger partial charge < -0.3 is 15.5 Å². The van der Waals surface area contributed by atoms with Crippen LogP contribution in [0.2, 0.25) is 0 Å². The molecule has 1 saturated heterocycles. The molecule has 2 aromatic heterocycles. The van der Waals surface area contributed by atoms with Crippen molar-refractivity contribution < 1.29 is 0 Å². The average Bonchev–Trinajstić information content (AvgIpc) is 2.81. The van der Waals surface area contributed by atoms with E-state index in [2.05, 4.69) is 31.9 Å². The summed E-state index contributed by atoms with van der Waals surface area (Å²) < 4.78 is 1.77. The van der Waals surface area contributed by atoms with Crippen LogP contribution in [0.5, 0.6) is 0 Å². The Morgan fingerprint density at radius 2 is 2.16 bits per heavy atom. The quantitative estimate of drug-likeness (QED) is 0.781. The third kappa shape index (κ3) is 2.04. The molecule has 1 atom stereocenters. The standard InChI is InChI=1S/C12H19N7/c1-17-3-4-19(9(5-13)7-17)12-10-6-16-18(2)11(10)14-8-15-12/h6,8-9H,3-5,7,13H2,1-2H3. The summed E-state index contributed by atoms with van der Waals surface area (Å²) >= 11 is 0. The number of anilines is 1. The van der Waals surface area contributed by atoms with Crippen molar-refractivity contribution in [1.82, 2.24) is 24.6 Å². The van der Waals surface area contributed by atoms with Crippen molar-refractivity contribution in [3.8, 4) is 0 Å². The minimum absolute atomic E-state index is 0.289. The fourth-order valence-corrected chi connectivity index (χ4v) is 2.67. The number of nitrogens with two attached hydrogens (primary N) is 1. The van der Waals surface area contributed by atoms with Gasteiger partial charge >= 0.3 is 0 Å². The van der Waals surface area contributed by atoms with E-state index < -0.39 is 0 Å². The second-order valence-electron chi connectivity index (χ2n) is 5.05. The largest absolute Gasteiger partial charge is 0.349 e. The number of hydrogen-bond acceptors (Lipinski definition) is 6. The molecule has 1 aliphatic heterocycles. The van der Waals surface area contributed by atoms with E-state index in [9.17, 15) is 0 Å². The molecule has 3 heterocycles. The molecule has 2 aromatic rings. The number of piperazine rings is 1. The molecule has 1 unspecified atom stereocenters. The molecule has 0 bridgehead atoms. The van der Waals surface area contributed by atoms with Gasteiger partial charge in [0.1, 0.15) is 12.1 Å². The number of nitrogens with zero attached hydrogens (tertiary/aromatic N) is 6. The van der Waals surface area contributed by atoms with Crippen LogP contribution in [0, 0.1) is 0 Å². The SMILES string of the molecule is CN1CCN(c2ncnc3c2cnn3C)C(CN)C1. The Balaban J connectivity index is 2.03. The fraction of sp³-hybridized carbons (Fsp3) is 0.583. The summed E-state index contributed by atoms with van der Waals surface area (Å²) in [5.74, 6) is 0.946. The van der Waals surface area contributed by atoms with Crippen LogP contribution >= 0.6 is 0 Å². The first-order chi connectivity index (χ1) is 9.20. The fourth-order valence-electron chi connectivity index (χ4n) is 2.67. The Kier molecular flexibility index (Phi) is 3.08. The van der Waals surface area contributed by atoms with Gasteiger partial charge in [0.2, 0.25) is 0 Å². The molecule has 0 aliphatic carbocycles. The van der Waals surface area contributed by atoms with E-state index in [1.807, 2.05) is 13.2 Å². The summed E-state index contributed by atoms with van der Waals surface area (Å²) in [5, 5.41) is 5.26. The van der Waals surface area contributed by atoms with E-state index in [0.29, 0.717) is 6.54 Å². The second kappa shape index (κ2) is 4.75. The lowest BCUT2D eigenvalue weighted by atomic mass is 10.1. The molecule has 0 saturated carbocycles. The maximum atomic E-state index is 5.91. The van der Waals surface area contributed by atoms with Gasteiger partial charge in [-0.2, -0.15) is 5.10 Å². The number of aryl methyl sites for hydroxylation is 1. The Labute approximate surface area is 112 Å². The monoisotopic (exact) mass is 261 g/mol. The van der Waals surface area contributed by atoms with Crippen molar-refractivity contribution >= 4 is 16.9 Å². The molecule has 0 amide bonds. The van der Waals surface area contributed by atoms with Crippen molar-refractivity contribution in [2.45, 2.75) is 6.04 Å².